The smallest absolute Gasteiger partial charge is 0.194 e. The van der Waals surface area contributed by atoms with Crippen LogP contribution in [0.4, 0.5) is 0 Å². The molecule has 2 unspecified atom stereocenters. The number of aryl methyl sites for hydroxylation is 1. The van der Waals surface area contributed by atoms with E-state index >= 15 is 0 Å². The van der Waals surface area contributed by atoms with Crippen molar-refractivity contribution in [3.05, 3.63) is 42.1 Å². The highest BCUT2D eigenvalue weighted by Gasteiger charge is 2.25. The maximum absolute atomic E-state index is 5.96. The van der Waals surface area contributed by atoms with Crippen molar-refractivity contribution in [2.75, 3.05) is 26.2 Å². The molecular weight excluding hydrogens is 457 g/mol. The molecule has 1 aliphatic rings. The number of furan rings is 1. The number of nitrogens with one attached hydrogen (secondary N) is 1. The largest absolute Gasteiger partial charge is 0.469 e. The minimum atomic E-state index is 0. The van der Waals surface area contributed by atoms with E-state index in [4.69, 9.17) is 14.1 Å². The third kappa shape index (κ3) is 6.24. The lowest BCUT2D eigenvalue weighted by Crippen LogP contribution is -2.50. The molecule has 0 bridgehead atoms. The van der Waals surface area contributed by atoms with E-state index in [1.165, 1.54) is 0 Å². The van der Waals surface area contributed by atoms with Crippen LogP contribution in [0.15, 0.2) is 40.2 Å². The van der Waals surface area contributed by atoms with E-state index in [9.17, 15) is 0 Å². The summed E-state index contributed by atoms with van der Waals surface area (Å²) < 4.78 is 13.2. The third-order valence-corrected chi connectivity index (χ3v) is 4.65. The molecule has 0 aromatic carbocycles. The Hall–Kier alpha value is -1.55. The molecule has 150 valence electrons. The first-order valence-electron chi connectivity index (χ1n) is 9.34. The second-order valence-electron chi connectivity index (χ2n) is 6.74. The van der Waals surface area contributed by atoms with Crippen molar-refractivity contribution >= 4 is 29.9 Å². The molecule has 2 aromatic heterocycles. The lowest BCUT2D eigenvalue weighted by atomic mass is 10.1. The van der Waals surface area contributed by atoms with Gasteiger partial charge in [0.05, 0.1) is 25.6 Å². The lowest BCUT2D eigenvalue weighted by Gasteiger charge is -2.35. The number of aliphatic imine (C=N–C) groups is 1. The Balaban J connectivity index is 0.00000261. The molecule has 3 rings (SSSR count). The van der Waals surface area contributed by atoms with E-state index in [0.29, 0.717) is 19.2 Å². The van der Waals surface area contributed by atoms with Crippen LogP contribution in [0.5, 0.6) is 0 Å². The predicted molar refractivity (Wildman–Crippen MR) is 116 cm³/mol. The van der Waals surface area contributed by atoms with Gasteiger partial charge in [0.1, 0.15) is 11.9 Å². The topological polar surface area (TPSA) is 67.8 Å². The minimum absolute atomic E-state index is 0. The Morgan fingerprint density at radius 3 is 3.00 bits per heavy atom. The van der Waals surface area contributed by atoms with Crippen LogP contribution in [0.25, 0.3) is 0 Å². The van der Waals surface area contributed by atoms with Gasteiger partial charge in [0.25, 0.3) is 0 Å². The summed E-state index contributed by atoms with van der Waals surface area (Å²) in [6.45, 7) is 7.34. The maximum atomic E-state index is 5.96. The summed E-state index contributed by atoms with van der Waals surface area (Å²) >= 11 is 0. The van der Waals surface area contributed by atoms with Gasteiger partial charge in [0.2, 0.25) is 0 Å². The summed E-state index contributed by atoms with van der Waals surface area (Å²) in [5.41, 5.74) is 1.11. The van der Waals surface area contributed by atoms with E-state index in [-0.39, 0.29) is 30.1 Å². The van der Waals surface area contributed by atoms with Gasteiger partial charge in [0, 0.05) is 44.4 Å². The standard InChI is InChI=1S/C19H29N5O2.HI/c1-4-15(2)22-19(20-8-7-17-6-5-10-25-17)24-9-11-26-18(14-24)16-12-21-23(3)13-16;/h5-6,10,12-13,15,18H,4,7-9,11,14H2,1-3H3,(H,20,22);1H. The van der Waals surface area contributed by atoms with Crippen LogP contribution in [0, 0.1) is 0 Å². The zero-order valence-corrected chi connectivity index (χ0v) is 18.6. The second kappa shape index (κ2) is 10.7. The molecule has 1 N–H and O–H groups in total. The summed E-state index contributed by atoms with van der Waals surface area (Å²) in [5.74, 6) is 1.91. The normalized spacial score (nSPS) is 18.9. The molecule has 0 saturated carbocycles. The van der Waals surface area contributed by atoms with Crippen molar-refractivity contribution in [3.63, 3.8) is 0 Å². The fourth-order valence-electron chi connectivity index (χ4n) is 2.94. The molecule has 2 aromatic rings. The summed E-state index contributed by atoms with van der Waals surface area (Å²) in [5, 5.41) is 7.83. The molecule has 1 saturated heterocycles. The van der Waals surface area contributed by atoms with Gasteiger partial charge >= 0.3 is 0 Å². The van der Waals surface area contributed by atoms with Crippen molar-refractivity contribution in [3.8, 4) is 0 Å². The van der Waals surface area contributed by atoms with Gasteiger partial charge in [0.15, 0.2) is 5.96 Å². The van der Waals surface area contributed by atoms with Crippen LogP contribution < -0.4 is 5.32 Å². The monoisotopic (exact) mass is 487 g/mol. The van der Waals surface area contributed by atoms with Crippen molar-refractivity contribution in [2.24, 2.45) is 12.0 Å². The zero-order chi connectivity index (χ0) is 18.4. The molecule has 8 heteroatoms. The van der Waals surface area contributed by atoms with Gasteiger partial charge in [-0.25, -0.2) is 0 Å². The van der Waals surface area contributed by atoms with Gasteiger partial charge in [-0.15, -0.1) is 24.0 Å². The quantitative estimate of drug-likeness (QED) is 0.386. The highest BCUT2D eigenvalue weighted by atomic mass is 127. The van der Waals surface area contributed by atoms with Gasteiger partial charge in [-0.1, -0.05) is 6.92 Å². The SMILES string of the molecule is CCC(C)NC(=NCCc1ccco1)N1CCOC(c2cnn(C)c2)C1.I. The van der Waals surface area contributed by atoms with Gasteiger partial charge < -0.3 is 19.4 Å². The Morgan fingerprint density at radius 2 is 2.33 bits per heavy atom. The van der Waals surface area contributed by atoms with E-state index in [1.54, 1.807) is 6.26 Å². The van der Waals surface area contributed by atoms with Crippen LogP contribution in [-0.4, -0.2) is 52.9 Å². The molecule has 0 amide bonds. The highest BCUT2D eigenvalue weighted by molar-refractivity contribution is 14.0. The summed E-state index contributed by atoms with van der Waals surface area (Å²) in [4.78, 5) is 7.13. The average molecular weight is 487 g/mol. The van der Waals surface area contributed by atoms with E-state index in [1.807, 2.05) is 36.3 Å². The Kier molecular flexibility index (Phi) is 8.62. The third-order valence-electron chi connectivity index (χ3n) is 4.65. The van der Waals surface area contributed by atoms with Crippen LogP contribution in [-0.2, 0) is 18.2 Å². The Bertz CT molecular complexity index is 701. The molecule has 0 spiro atoms. The molecule has 2 atom stereocenters. The van der Waals surface area contributed by atoms with Crippen LogP contribution in [0.3, 0.4) is 0 Å². The van der Waals surface area contributed by atoms with Crippen LogP contribution >= 0.6 is 24.0 Å². The van der Waals surface area contributed by atoms with Gasteiger partial charge in [-0.2, -0.15) is 5.10 Å². The van der Waals surface area contributed by atoms with Crippen molar-refractivity contribution in [1.29, 1.82) is 0 Å². The number of ether oxygens (including phenoxy) is 1. The highest BCUT2D eigenvalue weighted by Crippen LogP contribution is 2.21. The Morgan fingerprint density at radius 1 is 1.48 bits per heavy atom. The number of guanidine groups is 1. The van der Waals surface area contributed by atoms with E-state index in [2.05, 4.69) is 29.2 Å². The van der Waals surface area contributed by atoms with Crippen molar-refractivity contribution < 1.29 is 9.15 Å². The number of hydrogen-bond acceptors (Lipinski definition) is 4. The first kappa shape index (κ1) is 21.7. The average Bonchev–Trinajstić information content (AvgIpc) is 3.32. The zero-order valence-electron chi connectivity index (χ0n) is 16.3. The van der Waals surface area contributed by atoms with Crippen LogP contribution in [0.2, 0.25) is 0 Å². The summed E-state index contributed by atoms with van der Waals surface area (Å²) in [6, 6.07) is 4.28. The predicted octanol–water partition coefficient (Wildman–Crippen LogP) is 2.99. The maximum Gasteiger partial charge on any atom is 0.194 e. The molecule has 1 aliphatic heterocycles. The fourth-order valence-corrected chi connectivity index (χ4v) is 2.94. The Labute approximate surface area is 178 Å². The number of hydrogen-bond donors (Lipinski definition) is 1. The molecule has 3 heterocycles. The van der Waals surface area contributed by atoms with E-state index < -0.39 is 0 Å². The fraction of sp³-hybridized carbons (Fsp3) is 0.579. The number of nitrogens with zero attached hydrogens (tertiary/aromatic N) is 4. The summed E-state index contributed by atoms with van der Waals surface area (Å²) in [7, 11) is 1.93. The first-order valence-corrected chi connectivity index (χ1v) is 9.34. The van der Waals surface area contributed by atoms with E-state index in [0.717, 1.165) is 43.2 Å². The van der Waals surface area contributed by atoms with Crippen molar-refractivity contribution in [2.45, 2.75) is 38.8 Å². The van der Waals surface area contributed by atoms with Crippen LogP contribution in [0.1, 0.15) is 37.7 Å². The van der Waals surface area contributed by atoms with Gasteiger partial charge in [-0.3, -0.25) is 9.67 Å². The molecule has 1 fully saturated rings. The van der Waals surface area contributed by atoms with Crippen molar-refractivity contribution in [1.82, 2.24) is 20.0 Å². The molecule has 0 radical (unpaired) electrons. The minimum Gasteiger partial charge on any atom is -0.469 e. The number of rotatable bonds is 6. The number of morpholine rings is 1. The molecule has 0 aliphatic carbocycles. The molecule has 27 heavy (non-hydrogen) atoms. The lowest BCUT2D eigenvalue weighted by molar-refractivity contribution is -0.00824. The molecular formula is C19H30IN5O2. The second-order valence-corrected chi connectivity index (χ2v) is 6.74. The first-order chi connectivity index (χ1) is 12.7. The number of halogens is 1. The van der Waals surface area contributed by atoms with Gasteiger partial charge in [-0.05, 0) is 25.5 Å². The summed E-state index contributed by atoms with van der Waals surface area (Å²) in [6.07, 6.45) is 7.47. The molecule has 7 nitrogen and oxygen atoms in total. The number of aromatic nitrogens is 2.